The highest BCUT2D eigenvalue weighted by Gasteiger charge is 2.21. The van der Waals surface area contributed by atoms with Crippen LogP contribution in [-0.4, -0.2) is 11.0 Å². The van der Waals surface area contributed by atoms with Gasteiger partial charge in [-0.1, -0.05) is 18.9 Å². The average molecular weight is 229 g/mol. The molecule has 0 saturated heterocycles. The Hall–Kier alpha value is -1.40. The normalized spacial score (nSPS) is 17.9. The summed E-state index contributed by atoms with van der Waals surface area (Å²) < 4.78 is 0. The van der Waals surface area contributed by atoms with Crippen molar-refractivity contribution < 1.29 is 0 Å². The van der Waals surface area contributed by atoms with Crippen LogP contribution in [0.15, 0.2) is 18.3 Å². The van der Waals surface area contributed by atoms with Crippen molar-refractivity contribution in [2.24, 2.45) is 5.92 Å². The molecule has 0 amide bonds. The zero-order valence-electron chi connectivity index (χ0n) is 10.3. The van der Waals surface area contributed by atoms with Crippen molar-refractivity contribution in [2.45, 2.75) is 45.2 Å². The Labute approximate surface area is 103 Å². The van der Waals surface area contributed by atoms with Gasteiger partial charge in [-0.05, 0) is 31.7 Å². The quantitative estimate of drug-likeness (QED) is 0.863. The summed E-state index contributed by atoms with van der Waals surface area (Å²) in [6.45, 7) is 2.99. The molecule has 0 aromatic carbocycles. The fourth-order valence-corrected chi connectivity index (χ4v) is 2.58. The lowest BCUT2D eigenvalue weighted by atomic mass is 9.99. The molecule has 0 radical (unpaired) electrons. The number of hydrogen-bond acceptors (Lipinski definition) is 3. The first kappa shape index (κ1) is 12.1. The van der Waals surface area contributed by atoms with Gasteiger partial charge in [0, 0.05) is 24.3 Å². The number of rotatable bonds is 4. The Kier molecular flexibility index (Phi) is 4.11. The summed E-state index contributed by atoms with van der Waals surface area (Å²) >= 11 is 0. The van der Waals surface area contributed by atoms with Crippen LogP contribution < -0.4 is 5.32 Å². The van der Waals surface area contributed by atoms with Gasteiger partial charge in [0.25, 0.3) is 0 Å². The monoisotopic (exact) mass is 229 g/mol. The molecular formula is C14H19N3. The van der Waals surface area contributed by atoms with Gasteiger partial charge in [0.05, 0.1) is 0 Å². The second kappa shape index (κ2) is 5.79. The summed E-state index contributed by atoms with van der Waals surface area (Å²) in [5, 5.41) is 12.5. The fraction of sp³-hybridized carbons (Fsp3) is 0.571. The smallest absolute Gasteiger partial charge is 0.144 e. The first-order chi connectivity index (χ1) is 8.31. The van der Waals surface area contributed by atoms with Gasteiger partial charge < -0.3 is 5.32 Å². The minimum Gasteiger partial charge on any atom is -0.310 e. The van der Waals surface area contributed by atoms with Crippen LogP contribution in [-0.2, 0) is 6.54 Å². The number of nitriles is 1. The molecule has 1 saturated carbocycles. The standard InChI is InChI=1S/C14H19N3/c1-11(12-5-2-3-6-12)17-10-13-7-4-8-16-14(13)9-15/h4,7-8,11-12,17H,2-3,5-6,10H2,1H3/t11-/m1/s1. The third-order valence-corrected chi connectivity index (χ3v) is 3.72. The number of aromatic nitrogens is 1. The number of nitrogens with zero attached hydrogens (tertiary/aromatic N) is 2. The second-order valence-corrected chi connectivity index (χ2v) is 4.84. The number of nitrogens with one attached hydrogen (secondary N) is 1. The topological polar surface area (TPSA) is 48.7 Å². The highest BCUT2D eigenvalue weighted by atomic mass is 14.9. The van der Waals surface area contributed by atoms with Crippen LogP contribution in [0, 0.1) is 17.2 Å². The van der Waals surface area contributed by atoms with Crippen molar-refractivity contribution in [3.05, 3.63) is 29.6 Å². The lowest BCUT2D eigenvalue weighted by molar-refractivity contribution is 0.380. The van der Waals surface area contributed by atoms with Crippen LogP contribution in [0.1, 0.15) is 43.9 Å². The Balaban J connectivity index is 1.91. The predicted octanol–water partition coefficient (Wildman–Crippen LogP) is 2.62. The molecule has 1 atom stereocenters. The fourth-order valence-electron chi connectivity index (χ4n) is 2.58. The van der Waals surface area contributed by atoms with E-state index in [1.54, 1.807) is 6.20 Å². The summed E-state index contributed by atoms with van der Waals surface area (Å²) in [5.41, 5.74) is 1.54. The highest BCUT2D eigenvalue weighted by molar-refractivity contribution is 5.30. The third kappa shape index (κ3) is 3.04. The van der Waals surface area contributed by atoms with Crippen LogP contribution in [0.2, 0.25) is 0 Å². The van der Waals surface area contributed by atoms with E-state index in [1.165, 1.54) is 25.7 Å². The van der Waals surface area contributed by atoms with Crippen LogP contribution >= 0.6 is 0 Å². The van der Waals surface area contributed by atoms with Crippen LogP contribution in [0.5, 0.6) is 0 Å². The Bertz CT molecular complexity index is 402. The molecule has 1 aromatic rings. The van der Waals surface area contributed by atoms with Crippen molar-refractivity contribution in [1.82, 2.24) is 10.3 Å². The first-order valence-electron chi connectivity index (χ1n) is 6.38. The van der Waals surface area contributed by atoms with E-state index in [0.717, 1.165) is 18.0 Å². The third-order valence-electron chi connectivity index (χ3n) is 3.72. The zero-order valence-corrected chi connectivity index (χ0v) is 10.3. The van der Waals surface area contributed by atoms with Crippen LogP contribution in [0.3, 0.4) is 0 Å². The van der Waals surface area contributed by atoms with Gasteiger partial charge in [0.1, 0.15) is 11.8 Å². The van der Waals surface area contributed by atoms with E-state index in [-0.39, 0.29) is 0 Å². The summed E-state index contributed by atoms with van der Waals surface area (Å²) in [5.74, 6) is 0.803. The van der Waals surface area contributed by atoms with E-state index in [1.807, 2.05) is 12.1 Å². The van der Waals surface area contributed by atoms with E-state index < -0.39 is 0 Å². The van der Waals surface area contributed by atoms with Crippen molar-refractivity contribution >= 4 is 0 Å². The molecule has 17 heavy (non-hydrogen) atoms. The Morgan fingerprint density at radius 2 is 2.29 bits per heavy atom. The van der Waals surface area contributed by atoms with Crippen molar-refractivity contribution in [3.63, 3.8) is 0 Å². The molecule has 1 aliphatic carbocycles. The van der Waals surface area contributed by atoms with E-state index in [9.17, 15) is 0 Å². The van der Waals surface area contributed by atoms with Crippen molar-refractivity contribution in [2.75, 3.05) is 0 Å². The zero-order chi connectivity index (χ0) is 12.1. The summed E-state index contributed by atoms with van der Waals surface area (Å²) in [4.78, 5) is 4.07. The van der Waals surface area contributed by atoms with Gasteiger partial charge in [0.15, 0.2) is 0 Å². The molecule has 90 valence electrons. The second-order valence-electron chi connectivity index (χ2n) is 4.84. The van der Waals surface area contributed by atoms with Gasteiger partial charge in [-0.2, -0.15) is 5.26 Å². The molecule has 1 N–H and O–H groups in total. The summed E-state index contributed by atoms with van der Waals surface area (Å²) in [6.07, 6.45) is 7.08. The molecule has 1 heterocycles. The molecule has 3 nitrogen and oxygen atoms in total. The average Bonchev–Trinajstić information content (AvgIpc) is 2.90. The molecule has 1 aliphatic rings. The van der Waals surface area contributed by atoms with E-state index in [0.29, 0.717) is 11.7 Å². The lowest BCUT2D eigenvalue weighted by Gasteiger charge is -2.20. The highest BCUT2D eigenvalue weighted by Crippen LogP contribution is 2.27. The number of pyridine rings is 1. The molecule has 2 rings (SSSR count). The number of hydrogen-bond donors (Lipinski definition) is 1. The lowest BCUT2D eigenvalue weighted by Crippen LogP contribution is -2.32. The molecule has 0 unspecified atom stereocenters. The van der Waals surface area contributed by atoms with Gasteiger partial charge in [0.2, 0.25) is 0 Å². The molecule has 1 fully saturated rings. The minimum absolute atomic E-state index is 0.532. The van der Waals surface area contributed by atoms with Crippen molar-refractivity contribution in [1.29, 1.82) is 5.26 Å². The molecule has 0 bridgehead atoms. The van der Waals surface area contributed by atoms with Crippen molar-refractivity contribution in [3.8, 4) is 6.07 Å². The molecule has 0 aliphatic heterocycles. The van der Waals surface area contributed by atoms with E-state index in [4.69, 9.17) is 5.26 Å². The summed E-state index contributed by atoms with van der Waals surface area (Å²) in [6, 6.07) is 6.53. The van der Waals surface area contributed by atoms with Gasteiger partial charge in [-0.3, -0.25) is 0 Å². The van der Waals surface area contributed by atoms with Gasteiger partial charge >= 0.3 is 0 Å². The molecule has 0 spiro atoms. The minimum atomic E-state index is 0.532. The van der Waals surface area contributed by atoms with Crippen LogP contribution in [0.4, 0.5) is 0 Å². The van der Waals surface area contributed by atoms with E-state index >= 15 is 0 Å². The maximum Gasteiger partial charge on any atom is 0.144 e. The Morgan fingerprint density at radius 1 is 1.53 bits per heavy atom. The van der Waals surface area contributed by atoms with E-state index in [2.05, 4.69) is 23.3 Å². The Morgan fingerprint density at radius 3 is 3.00 bits per heavy atom. The summed E-state index contributed by atoms with van der Waals surface area (Å²) in [7, 11) is 0. The van der Waals surface area contributed by atoms with Gasteiger partial charge in [-0.25, -0.2) is 4.98 Å². The first-order valence-corrected chi connectivity index (χ1v) is 6.38. The molecule has 1 aromatic heterocycles. The largest absolute Gasteiger partial charge is 0.310 e. The maximum atomic E-state index is 8.95. The molecular weight excluding hydrogens is 210 g/mol. The van der Waals surface area contributed by atoms with Crippen LogP contribution in [0.25, 0.3) is 0 Å². The maximum absolute atomic E-state index is 8.95. The predicted molar refractivity (Wildman–Crippen MR) is 67.2 cm³/mol. The van der Waals surface area contributed by atoms with Gasteiger partial charge in [-0.15, -0.1) is 0 Å². The SMILES string of the molecule is C[C@@H](NCc1cccnc1C#N)C1CCCC1. The molecule has 3 heteroatoms.